The maximum atomic E-state index is 5.44. The number of aryl methyl sites for hydroxylation is 1. The molecule has 0 spiro atoms. The molecule has 4 nitrogen and oxygen atoms in total. The van der Waals surface area contributed by atoms with Gasteiger partial charge in [-0.25, -0.2) is 9.97 Å². The van der Waals surface area contributed by atoms with Crippen LogP contribution < -0.4 is 11.1 Å². The second kappa shape index (κ2) is 4.80. The van der Waals surface area contributed by atoms with E-state index in [1.54, 1.807) is 0 Å². The van der Waals surface area contributed by atoms with Crippen molar-refractivity contribution in [1.82, 2.24) is 9.97 Å². The maximum absolute atomic E-state index is 5.44. The average Bonchev–Trinajstić information content (AvgIpc) is 2.26. The van der Waals surface area contributed by atoms with Crippen LogP contribution in [0.3, 0.4) is 0 Å². The molecule has 18 heavy (non-hydrogen) atoms. The molecule has 1 atom stereocenters. The van der Waals surface area contributed by atoms with Crippen LogP contribution in [-0.4, -0.2) is 15.1 Å². The van der Waals surface area contributed by atoms with Gasteiger partial charge in [0.05, 0.1) is 0 Å². The highest BCUT2D eigenvalue weighted by atomic mass is 32.1. The minimum Gasteiger partial charge on any atom is -0.376 e. The van der Waals surface area contributed by atoms with Gasteiger partial charge in [0.25, 0.3) is 0 Å². The molecule has 3 N–H and O–H groups in total. The molecule has 0 radical (unpaired) electrons. The van der Waals surface area contributed by atoms with E-state index in [0.29, 0.717) is 17.3 Å². The van der Waals surface area contributed by atoms with Crippen molar-refractivity contribution in [3.05, 3.63) is 17.5 Å². The van der Waals surface area contributed by atoms with E-state index in [1.165, 1.54) is 12.0 Å². The number of hydrogen-bond donors (Lipinski definition) is 2. The Kier molecular flexibility index (Phi) is 3.52. The first kappa shape index (κ1) is 13.2. The van der Waals surface area contributed by atoms with Crippen LogP contribution in [0.4, 0.5) is 5.95 Å². The molecule has 1 aliphatic carbocycles. The zero-order valence-electron chi connectivity index (χ0n) is 11.2. The van der Waals surface area contributed by atoms with Crippen LogP contribution in [0.2, 0.25) is 0 Å². The molecule has 0 aliphatic heterocycles. The number of anilines is 1. The number of rotatable bonds is 1. The van der Waals surface area contributed by atoms with E-state index in [0.717, 1.165) is 18.5 Å². The van der Waals surface area contributed by atoms with Crippen molar-refractivity contribution in [2.24, 2.45) is 17.1 Å². The summed E-state index contributed by atoms with van der Waals surface area (Å²) in [7, 11) is 0. The van der Waals surface area contributed by atoms with Gasteiger partial charge in [-0.3, -0.25) is 0 Å². The normalized spacial score (nSPS) is 19.2. The maximum Gasteiger partial charge on any atom is 0.229 e. The second-order valence-electron chi connectivity index (χ2n) is 5.96. The molecule has 5 heteroatoms. The van der Waals surface area contributed by atoms with Gasteiger partial charge in [0.2, 0.25) is 5.95 Å². The third-order valence-electron chi connectivity index (χ3n) is 3.62. The molecule has 98 valence electrons. The van der Waals surface area contributed by atoms with E-state index in [9.17, 15) is 0 Å². The van der Waals surface area contributed by atoms with Gasteiger partial charge < -0.3 is 11.1 Å². The monoisotopic (exact) mass is 264 g/mol. The first-order valence-electron chi connectivity index (χ1n) is 6.27. The number of thiocarbonyl (C=S) groups is 1. The molecular weight excluding hydrogens is 244 g/mol. The van der Waals surface area contributed by atoms with Gasteiger partial charge in [0.15, 0.2) is 5.11 Å². The summed E-state index contributed by atoms with van der Waals surface area (Å²) in [5, 5.41) is 3.00. The Morgan fingerprint density at radius 1 is 1.50 bits per heavy atom. The molecule has 0 aromatic carbocycles. The first-order valence-corrected chi connectivity index (χ1v) is 6.68. The molecular formula is C13H20N4S. The summed E-state index contributed by atoms with van der Waals surface area (Å²) < 4.78 is 0. The van der Waals surface area contributed by atoms with Crippen LogP contribution in [0, 0.1) is 11.3 Å². The molecule has 1 aromatic rings. The Labute approximate surface area is 113 Å². The highest BCUT2D eigenvalue weighted by Gasteiger charge is 2.29. The van der Waals surface area contributed by atoms with Crippen molar-refractivity contribution in [3.63, 3.8) is 0 Å². The summed E-state index contributed by atoms with van der Waals surface area (Å²) in [6, 6.07) is 0. The van der Waals surface area contributed by atoms with Crippen molar-refractivity contribution in [3.8, 4) is 0 Å². The lowest BCUT2D eigenvalue weighted by molar-refractivity contribution is 0.214. The summed E-state index contributed by atoms with van der Waals surface area (Å²) in [5.41, 5.74) is 8.14. The number of nitrogens with one attached hydrogen (secondary N) is 1. The van der Waals surface area contributed by atoms with Gasteiger partial charge >= 0.3 is 0 Å². The van der Waals surface area contributed by atoms with Gasteiger partial charge in [-0.15, -0.1) is 0 Å². The van der Waals surface area contributed by atoms with Crippen molar-refractivity contribution < 1.29 is 0 Å². The van der Waals surface area contributed by atoms with E-state index in [2.05, 4.69) is 36.1 Å². The fourth-order valence-electron chi connectivity index (χ4n) is 2.40. The molecule has 1 heterocycles. The van der Waals surface area contributed by atoms with Crippen molar-refractivity contribution in [2.75, 3.05) is 5.32 Å². The van der Waals surface area contributed by atoms with Crippen LogP contribution in [0.1, 0.15) is 38.4 Å². The molecule has 0 saturated heterocycles. The largest absolute Gasteiger partial charge is 0.376 e. The standard InChI is InChI=1S/C13H20N4S/c1-13(2,3)9-5-4-8-7-15-12(17-11(14)18)16-10(8)6-9/h7,9H,4-6H2,1-3H3,(H3,14,15,16,17,18). The molecule has 1 unspecified atom stereocenters. The first-order chi connectivity index (χ1) is 8.36. The van der Waals surface area contributed by atoms with E-state index in [4.69, 9.17) is 18.0 Å². The zero-order valence-corrected chi connectivity index (χ0v) is 12.0. The highest BCUT2D eigenvalue weighted by Crippen LogP contribution is 2.36. The quantitative estimate of drug-likeness (QED) is 0.762. The lowest BCUT2D eigenvalue weighted by Crippen LogP contribution is -2.28. The van der Waals surface area contributed by atoms with Crippen LogP contribution in [0.15, 0.2) is 6.20 Å². The summed E-state index contributed by atoms with van der Waals surface area (Å²) in [6.07, 6.45) is 5.17. The average molecular weight is 264 g/mol. The Hall–Kier alpha value is -1.23. The molecule has 0 bridgehead atoms. The van der Waals surface area contributed by atoms with Crippen molar-refractivity contribution in [2.45, 2.75) is 40.0 Å². The Bertz CT molecular complexity index is 465. The molecule has 2 rings (SSSR count). The summed E-state index contributed by atoms with van der Waals surface area (Å²) >= 11 is 4.80. The topological polar surface area (TPSA) is 63.8 Å². The predicted octanol–water partition coefficient (Wildman–Crippen LogP) is 2.28. The SMILES string of the molecule is CC(C)(C)C1CCc2cnc(NC(N)=S)nc2C1. The van der Waals surface area contributed by atoms with Crippen LogP contribution in [0.25, 0.3) is 0 Å². The Morgan fingerprint density at radius 2 is 2.22 bits per heavy atom. The fraction of sp³-hybridized carbons (Fsp3) is 0.615. The molecule has 1 aromatic heterocycles. The Balaban J connectivity index is 2.22. The second-order valence-corrected chi connectivity index (χ2v) is 6.40. The lowest BCUT2D eigenvalue weighted by atomic mass is 9.72. The smallest absolute Gasteiger partial charge is 0.229 e. The fourth-order valence-corrected chi connectivity index (χ4v) is 2.49. The summed E-state index contributed by atoms with van der Waals surface area (Å²) in [4.78, 5) is 8.76. The molecule has 0 fully saturated rings. The molecule has 0 saturated carbocycles. The predicted molar refractivity (Wildman–Crippen MR) is 77.4 cm³/mol. The van der Waals surface area contributed by atoms with Crippen LogP contribution >= 0.6 is 12.2 Å². The van der Waals surface area contributed by atoms with Crippen LogP contribution in [-0.2, 0) is 12.8 Å². The minimum atomic E-state index is 0.207. The lowest BCUT2D eigenvalue weighted by Gasteiger charge is -2.34. The number of aromatic nitrogens is 2. The highest BCUT2D eigenvalue weighted by molar-refractivity contribution is 7.80. The van der Waals surface area contributed by atoms with E-state index in [1.807, 2.05) is 6.20 Å². The third-order valence-corrected chi connectivity index (χ3v) is 3.72. The van der Waals surface area contributed by atoms with Gasteiger partial charge in [-0.1, -0.05) is 20.8 Å². The van der Waals surface area contributed by atoms with Crippen molar-refractivity contribution >= 4 is 23.3 Å². The number of hydrogen-bond acceptors (Lipinski definition) is 3. The van der Waals surface area contributed by atoms with E-state index >= 15 is 0 Å². The van der Waals surface area contributed by atoms with Gasteiger partial charge in [0, 0.05) is 11.9 Å². The summed E-state index contributed by atoms with van der Waals surface area (Å²) in [5.74, 6) is 1.17. The number of nitrogens with zero attached hydrogens (tertiary/aromatic N) is 2. The zero-order chi connectivity index (χ0) is 13.3. The van der Waals surface area contributed by atoms with E-state index < -0.39 is 0 Å². The molecule has 1 aliphatic rings. The number of fused-ring (bicyclic) bond motifs is 1. The van der Waals surface area contributed by atoms with Gasteiger partial charge in [0.1, 0.15) is 0 Å². The van der Waals surface area contributed by atoms with Crippen LogP contribution in [0.5, 0.6) is 0 Å². The Morgan fingerprint density at radius 3 is 2.83 bits per heavy atom. The molecule has 0 amide bonds. The van der Waals surface area contributed by atoms with Gasteiger partial charge in [-0.05, 0) is 48.4 Å². The van der Waals surface area contributed by atoms with Crippen molar-refractivity contribution in [1.29, 1.82) is 0 Å². The third kappa shape index (κ3) is 2.96. The van der Waals surface area contributed by atoms with E-state index in [-0.39, 0.29) is 5.11 Å². The van der Waals surface area contributed by atoms with Gasteiger partial charge in [-0.2, -0.15) is 0 Å². The number of nitrogens with two attached hydrogens (primary N) is 1. The minimum absolute atomic E-state index is 0.207. The summed E-state index contributed by atoms with van der Waals surface area (Å²) in [6.45, 7) is 6.87.